The summed E-state index contributed by atoms with van der Waals surface area (Å²) in [5.74, 6) is 0.913. The standard InChI is InChI=1S/C14H22O3/c1-7(2)11-9(5)13(16)14(17-8(3)4)10(6)12(11)15/h7-8,15-16H,1-6H3. The van der Waals surface area contributed by atoms with Gasteiger partial charge in [-0.25, -0.2) is 0 Å². The van der Waals surface area contributed by atoms with Crippen LogP contribution in [0.4, 0.5) is 0 Å². The zero-order chi connectivity index (χ0) is 13.3. The van der Waals surface area contributed by atoms with Crippen molar-refractivity contribution in [1.82, 2.24) is 0 Å². The Kier molecular flexibility index (Phi) is 3.91. The number of aromatic hydroxyl groups is 2. The molecular weight excluding hydrogens is 216 g/mol. The predicted molar refractivity (Wildman–Crippen MR) is 69.1 cm³/mol. The van der Waals surface area contributed by atoms with E-state index in [-0.39, 0.29) is 23.5 Å². The first-order valence-electron chi connectivity index (χ1n) is 5.99. The lowest BCUT2D eigenvalue weighted by atomic mass is 9.93. The molecule has 0 aliphatic carbocycles. The van der Waals surface area contributed by atoms with Gasteiger partial charge in [-0.2, -0.15) is 0 Å². The lowest BCUT2D eigenvalue weighted by Crippen LogP contribution is -2.08. The maximum Gasteiger partial charge on any atom is 0.168 e. The van der Waals surface area contributed by atoms with E-state index in [0.717, 1.165) is 5.56 Å². The van der Waals surface area contributed by atoms with E-state index in [0.29, 0.717) is 16.9 Å². The summed E-state index contributed by atoms with van der Waals surface area (Å²) in [6.07, 6.45) is -0.0386. The summed E-state index contributed by atoms with van der Waals surface area (Å²) in [6, 6.07) is 0. The third-order valence-electron chi connectivity index (χ3n) is 2.86. The first-order valence-corrected chi connectivity index (χ1v) is 5.99. The maximum absolute atomic E-state index is 10.2. The van der Waals surface area contributed by atoms with Crippen molar-refractivity contribution in [2.75, 3.05) is 0 Å². The van der Waals surface area contributed by atoms with E-state index in [1.165, 1.54) is 0 Å². The van der Waals surface area contributed by atoms with Crippen molar-refractivity contribution in [2.24, 2.45) is 0 Å². The molecule has 17 heavy (non-hydrogen) atoms. The van der Waals surface area contributed by atoms with Gasteiger partial charge in [0.2, 0.25) is 0 Å². The Morgan fingerprint density at radius 1 is 0.882 bits per heavy atom. The Morgan fingerprint density at radius 2 is 1.41 bits per heavy atom. The molecule has 0 atom stereocenters. The van der Waals surface area contributed by atoms with Gasteiger partial charge in [-0.1, -0.05) is 13.8 Å². The number of rotatable bonds is 3. The quantitative estimate of drug-likeness (QED) is 0.791. The molecule has 0 heterocycles. The molecule has 0 aliphatic heterocycles. The smallest absolute Gasteiger partial charge is 0.168 e. The highest BCUT2D eigenvalue weighted by molar-refractivity contribution is 5.61. The monoisotopic (exact) mass is 238 g/mol. The summed E-state index contributed by atoms with van der Waals surface area (Å²) >= 11 is 0. The van der Waals surface area contributed by atoms with Crippen molar-refractivity contribution in [2.45, 2.75) is 53.6 Å². The number of benzene rings is 1. The summed E-state index contributed by atoms with van der Waals surface area (Å²) in [7, 11) is 0. The molecule has 0 bridgehead atoms. The topological polar surface area (TPSA) is 49.7 Å². The van der Waals surface area contributed by atoms with Crippen LogP contribution in [0.25, 0.3) is 0 Å². The minimum absolute atomic E-state index is 0.0386. The molecule has 0 saturated heterocycles. The van der Waals surface area contributed by atoms with E-state index in [2.05, 4.69) is 0 Å². The van der Waals surface area contributed by atoms with Crippen LogP contribution in [0, 0.1) is 13.8 Å². The molecular formula is C14H22O3. The molecule has 3 nitrogen and oxygen atoms in total. The Morgan fingerprint density at radius 3 is 1.82 bits per heavy atom. The summed E-state index contributed by atoms with van der Waals surface area (Å²) < 4.78 is 5.56. The number of phenolic OH excluding ortho intramolecular Hbond substituents is 2. The second kappa shape index (κ2) is 4.86. The Balaban J connectivity index is 3.47. The maximum atomic E-state index is 10.2. The van der Waals surface area contributed by atoms with Gasteiger partial charge in [-0.15, -0.1) is 0 Å². The van der Waals surface area contributed by atoms with Crippen LogP contribution < -0.4 is 4.74 Å². The van der Waals surface area contributed by atoms with Crippen LogP contribution in [0.15, 0.2) is 0 Å². The van der Waals surface area contributed by atoms with Gasteiger partial charge in [0.15, 0.2) is 11.5 Å². The zero-order valence-electron chi connectivity index (χ0n) is 11.5. The van der Waals surface area contributed by atoms with Crippen LogP contribution in [0.5, 0.6) is 17.2 Å². The van der Waals surface area contributed by atoms with Gasteiger partial charge in [0, 0.05) is 16.7 Å². The SMILES string of the molecule is Cc1c(O)c(C(C)C)c(C)c(O)c1OC(C)C. The molecule has 3 heteroatoms. The average molecular weight is 238 g/mol. The van der Waals surface area contributed by atoms with Crippen LogP contribution in [0.2, 0.25) is 0 Å². The number of phenols is 2. The lowest BCUT2D eigenvalue weighted by Gasteiger charge is -2.21. The van der Waals surface area contributed by atoms with Crippen LogP contribution >= 0.6 is 0 Å². The van der Waals surface area contributed by atoms with Crippen molar-refractivity contribution in [3.05, 3.63) is 16.7 Å². The molecule has 96 valence electrons. The van der Waals surface area contributed by atoms with E-state index in [1.807, 2.05) is 27.7 Å². The first kappa shape index (κ1) is 13.7. The fraction of sp³-hybridized carbons (Fsp3) is 0.571. The summed E-state index contributed by atoms with van der Waals surface area (Å²) in [4.78, 5) is 0. The Hall–Kier alpha value is -1.38. The highest BCUT2D eigenvalue weighted by Crippen LogP contribution is 2.45. The number of ether oxygens (including phenoxy) is 1. The minimum atomic E-state index is -0.0386. The molecule has 0 aliphatic rings. The molecule has 0 radical (unpaired) electrons. The molecule has 0 spiro atoms. The van der Waals surface area contributed by atoms with Crippen molar-refractivity contribution in [3.63, 3.8) is 0 Å². The summed E-state index contributed by atoms with van der Waals surface area (Å²) in [5, 5.41) is 20.3. The van der Waals surface area contributed by atoms with E-state index < -0.39 is 0 Å². The second-order valence-electron chi connectivity index (χ2n) is 5.01. The van der Waals surface area contributed by atoms with E-state index in [9.17, 15) is 10.2 Å². The third kappa shape index (κ3) is 2.48. The van der Waals surface area contributed by atoms with Gasteiger partial charge < -0.3 is 14.9 Å². The van der Waals surface area contributed by atoms with E-state index in [1.54, 1.807) is 13.8 Å². The summed E-state index contributed by atoms with van der Waals surface area (Å²) in [6.45, 7) is 11.3. The predicted octanol–water partition coefficient (Wildman–Crippen LogP) is 3.63. The molecule has 0 unspecified atom stereocenters. The van der Waals surface area contributed by atoms with Crippen LogP contribution in [0.3, 0.4) is 0 Å². The average Bonchev–Trinajstić information content (AvgIpc) is 2.21. The fourth-order valence-electron chi connectivity index (χ4n) is 2.05. The number of hydrogen-bond acceptors (Lipinski definition) is 3. The normalized spacial score (nSPS) is 11.3. The molecule has 1 aromatic rings. The molecule has 0 amide bonds. The molecule has 1 aromatic carbocycles. The van der Waals surface area contributed by atoms with Gasteiger partial charge >= 0.3 is 0 Å². The summed E-state index contributed by atoms with van der Waals surface area (Å²) in [5.41, 5.74) is 2.08. The minimum Gasteiger partial charge on any atom is -0.507 e. The Bertz CT molecular complexity index is 391. The van der Waals surface area contributed by atoms with Crippen LogP contribution in [-0.2, 0) is 0 Å². The van der Waals surface area contributed by atoms with E-state index in [4.69, 9.17) is 4.74 Å². The van der Waals surface area contributed by atoms with E-state index >= 15 is 0 Å². The lowest BCUT2D eigenvalue weighted by molar-refractivity contribution is 0.228. The van der Waals surface area contributed by atoms with Gasteiger partial charge in [-0.05, 0) is 33.6 Å². The first-order chi connectivity index (χ1) is 7.77. The highest BCUT2D eigenvalue weighted by Gasteiger charge is 2.22. The van der Waals surface area contributed by atoms with Crippen molar-refractivity contribution in [3.8, 4) is 17.2 Å². The number of hydrogen-bond donors (Lipinski definition) is 2. The molecule has 2 N–H and O–H groups in total. The van der Waals surface area contributed by atoms with Gasteiger partial charge in [-0.3, -0.25) is 0 Å². The molecule has 0 aromatic heterocycles. The van der Waals surface area contributed by atoms with Gasteiger partial charge in [0.25, 0.3) is 0 Å². The van der Waals surface area contributed by atoms with Crippen LogP contribution in [0.1, 0.15) is 50.3 Å². The zero-order valence-corrected chi connectivity index (χ0v) is 11.5. The van der Waals surface area contributed by atoms with Crippen molar-refractivity contribution in [1.29, 1.82) is 0 Å². The Labute approximate surface area is 103 Å². The fourth-order valence-corrected chi connectivity index (χ4v) is 2.05. The third-order valence-corrected chi connectivity index (χ3v) is 2.86. The second-order valence-corrected chi connectivity index (χ2v) is 5.01. The molecule has 1 rings (SSSR count). The van der Waals surface area contributed by atoms with Crippen molar-refractivity contribution < 1.29 is 14.9 Å². The van der Waals surface area contributed by atoms with Gasteiger partial charge in [0.1, 0.15) is 5.75 Å². The molecule has 0 fully saturated rings. The van der Waals surface area contributed by atoms with Gasteiger partial charge in [0.05, 0.1) is 6.10 Å². The van der Waals surface area contributed by atoms with Crippen LogP contribution in [-0.4, -0.2) is 16.3 Å². The molecule has 0 saturated carbocycles. The largest absolute Gasteiger partial charge is 0.507 e. The van der Waals surface area contributed by atoms with Crippen molar-refractivity contribution >= 4 is 0 Å². The highest BCUT2D eigenvalue weighted by atomic mass is 16.5.